The molecule has 0 radical (unpaired) electrons. The van der Waals surface area contributed by atoms with Crippen LogP contribution in [-0.4, -0.2) is 29.8 Å². The fourth-order valence-corrected chi connectivity index (χ4v) is 2.66. The second-order valence-corrected chi connectivity index (χ2v) is 6.15. The molecule has 138 valence electrons. The van der Waals surface area contributed by atoms with E-state index in [9.17, 15) is 14.0 Å². The molecule has 2 rings (SSSR count). The number of hydrogen-bond acceptors (Lipinski definition) is 2. The third-order valence-corrected chi connectivity index (χ3v) is 4.17. The van der Waals surface area contributed by atoms with Gasteiger partial charge in [0.2, 0.25) is 11.8 Å². The number of carbonyl (C=O) groups excluding carboxylic acids is 2. The predicted molar refractivity (Wildman–Crippen MR) is 99.9 cm³/mol. The van der Waals surface area contributed by atoms with Gasteiger partial charge in [-0.25, -0.2) is 4.39 Å². The maximum Gasteiger partial charge on any atom is 0.239 e. The second-order valence-electron chi connectivity index (χ2n) is 6.15. The van der Waals surface area contributed by atoms with Crippen molar-refractivity contribution in [3.05, 3.63) is 71.5 Å². The van der Waals surface area contributed by atoms with E-state index in [1.807, 2.05) is 37.3 Å². The molecule has 0 saturated heterocycles. The number of likely N-dealkylation sites (N-methyl/N-ethyl adjacent to an activating group) is 1. The SMILES string of the molecule is CCN(CC(=O)NCc1ccc(F)cc1)C(=O)CCCc1ccccc1. The normalized spacial score (nSPS) is 10.4. The van der Waals surface area contributed by atoms with E-state index in [1.54, 1.807) is 17.0 Å². The number of carbonyl (C=O) groups is 2. The van der Waals surface area contributed by atoms with Crippen LogP contribution in [0.25, 0.3) is 0 Å². The van der Waals surface area contributed by atoms with Crippen LogP contribution in [-0.2, 0) is 22.6 Å². The molecule has 0 aliphatic rings. The van der Waals surface area contributed by atoms with Crippen LogP contribution in [0, 0.1) is 5.82 Å². The summed E-state index contributed by atoms with van der Waals surface area (Å²) in [5.41, 5.74) is 2.03. The van der Waals surface area contributed by atoms with E-state index in [-0.39, 0.29) is 24.2 Å². The van der Waals surface area contributed by atoms with Crippen molar-refractivity contribution in [3.63, 3.8) is 0 Å². The lowest BCUT2D eigenvalue weighted by atomic mass is 10.1. The number of benzene rings is 2. The Labute approximate surface area is 154 Å². The Bertz CT molecular complexity index is 702. The van der Waals surface area contributed by atoms with Crippen LogP contribution in [0.5, 0.6) is 0 Å². The lowest BCUT2D eigenvalue weighted by Gasteiger charge is -2.20. The highest BCUT2D eigenvalue weighted by Crippen LogP contribution is 2.07. The molecule has 5 heteroatoms. The highest BCUT2D eigenvalue weighted by molar-refractivity contribution is 5.84. The van der Waals surface area contributed by atoms with Crippen LogP contribution in [0.2, 0.25) is 0 Å². The van der Waals surface area contributed by atoms with Crippen molar-refractivity contribution in [2.45, 2.75) is 32.7 Å². The number of nitrogens with zero attached hydrogens (tertiary/aromatic N) is 1. The molecule has 2 aromatic carbocycles. The van der Waals surface area contributed by atoms with Gasteiger partial charge in [-0.05, 0) is 43.0 Å². The van der Waals surface area contributed by atoms with Crippen LogP contribution < -0.4 is 5.32 Å². The van der Waals surface area contributed by atoms with Gasteiger partial charge in [0.05, 0.1) is 6.54 Å². The quantitative estimate of drug-likeness (QED) is 0.749. The number of hydrogen-bond donors (Lipinski definition) is 1. The van der Waals surface area contributed by atoms with E-state index in [0.717, 1.165) is 18.4 Å². The molecule has 0 fully saturated rings. The Morgan fingerprint density at radius 3 is 2.35 bits per heavy atom. The van der Waals surface area contributed by atoms with E-state index in [4.69, 9.17) is 0 Å². The molecule has 2 amide bonds. The van der Waals surface area contributed by atoms with Crippen LogP contribution in [0.4, 0.5) is 4.39 Å². The minimum absolute atomic E-state index is 0.0136. The molecule has 0 unspecified atom stereocenters. The zero-order valence-corrected chi connectivity index (χ0v) is 15.1. The first kappa shape index (κ1) is 19.6. The van der Waals surface area contributed by atoms with Gasteiger partial charge in [-0.3, -0.25) is 9.59 Å². The average Bonchev–Trinajstić information content (AvgIpc) is 2.66. The molecule has 0 aromatic heterocycles. The smallest absolute Gasteiger partial charge is 0.239 e. The Morgan fingerprint density at radius 2 is 1.69 bits per heavy atom. The third-order valence-electron chi connectivity index (χ3n) is 4.17. The highest BCUT2D eigenvalue weighted by atomic mass is 19.1. The summed E-state index contributed by atoms with van der Waals surface area (Å²) in [6.45, 7) is 2.72. The van der Waals surface area contributed by atoms with E-state index < -0.39 is 0 Å². The summed E-state index contributed by atoms with van der Waals surface area (Å²) in [4.78, 5) is 25.9. The molecule has 26 heavy (non-hydrogen) atoms. The van der Waals surface area contributed by atoms with Crippen LogP contribution in [0.15, 0.2) is 54.6 Å². The van der Waals surface area contributed by atoms with Gasteiger partial charge >= 0.3 is 0 Å². The van der Waals surface area contributed by atoms with Crippen LogP contribution in [0.3, 0.4) is 0 Å². The van der Waals surface area contributed by atoms with Gasteiger partial charge < -0.3 is 10.2 Å². The van der Waals surface area contributed by atoms with Crippen molar-refractivity contribution in [3.8, 4) is 0 Å². The minimum Gasteiger partial charge on any atom is -0.350 e. The van der Waals surface area contributed by atoms with E-state index in [0.29, 0.717) is 19.5 Å². The van der Waals surface area contributed by atoms with Crippen molar-refractivity contribution < 1.29 is 14.0 Å². The average molecular weight is 356 g/mol. The maximum atomic E-state index is 12.9. The first-order chi connectivity index (χ1) is 12.6. The second kappa shape index (κ2) is 10.3. The van der Waals surface area contributed by atoms with Gasteiger partial charge in [0.25, 0.3) is 0 Å². The molecule has 4 nitrogen and oxygen atoms in total. The molecule has 0 saturated carbocycles. The molecule has 0 bridgehead atoms. The molecule has 2 aromatic rings. The molecular weight excluding hydrogens is 331 g/mol. The zero-order chi connectivity index (χ0) is 18.8. The summed E-state index contributed by atoms with van der Waals surface area (Å²) in [5.74, 6) is -0.536. The van der Waals surface area contributed by atoms with Gasteiger partial charge in [-0.15, -0.1) is 0 Å². The lowest BCUT2D eigenvalue weighted by Crippen LogP contribution is -2.40. The topological polar surface area (TPSA) is 49.4 Å². The molecule has 0 aliphatic carbocycles. The summed E-state index contributed by atoms with van der Waals surface area (Å²) < 4.78 is 12.9. The highest BCUT2D eigenvalue weighted by Gasteiger charge is 2.15. The van der Waals surface area contributed by atoms with E-state index >= 15 is 0 Å². The molecule has 0 aliphatic heterocycles. The standard InChI is InChI=1S/C21H25FN2O2/c1-2-24(21(26)10-6-9-17-7-4-3-5-8-17)16-20(25)23-15-18-11-13-19(22)14-12-18/h3-5,7-8,11-14H,2,6,9-10,15-16H2,1H3,(H,23,25). The van der Waals surface area contributed by atoms with Gasteiger partial charge in [0.15, 0.2) is 0 Å². The summed E-state index contributed by atoms with van der Waals surface area (Å²) in [7, 11) is 0. The summed E-state index contributed by atoms with van der Waals surface area (Å²) in [5, 5.41) is 2.76. The summed E-state index contributed by atoms with van der Waals surface area (Å²) >= 11 is 0. The zero-order valence-electron chi connectivity index (χ0n) is 15.1. The Balaban J connectivity index is 1.73. The fourth-order valence-electron chi connectivity index (χ4n) is 2.66. The van der Waals surface area contributed by atoms with Crippen molar-refractivity contribution >= 4 is 11.8 Å². The third kappa shape index (κ3) is 6.67. The number of aryl methyl sites for hydroxylation is 1. The van der Waals surface area contributed by atoms with Crippen LogP contribution >= 0.6 is 0 Å². The van der Waals surface area contributed by atoms with E-state index in [2.05, 4.69) is 5.32 Å². The van der Waals surface area contributed by atoms with Gasteiger partial charge in [0, 0.05) is 19.5 Å². The first-order valence-electron chi connectivity index (χ1n) is 8.91. The first-order valence-corrected chi connectivity index (χ1v) is 8.91. The molecule has 0 heterocycles. The minimum atomic E-state index is -0.307. The Morgan fingerprint density at radius 1 is 1.00 bits per heavy atom. The fraction of sp³-hybridized carbons (Fsp3) is 0.333. The number of nitrogens with one attached hydrogen (secondary N) is 1. The number of halogens is 1. The summed E-state index contributed by atoms with van der Waals surface area (Å²) in [6.07, 6.45) is 2.03. The Kier molecular flexibility index (Phi) is 7.80. The van der Waals surface area contributed by atoms with Crippen molar-refractivity contribution in [1.29, 1.82) is 0 Å². The van der Waals surface area contributed by atoms with Gasteiger partial charge in [0.1, 0.15) is 5.82 Å². The molecule has 0 spiro atoms. The molecular formula is C21H25FN2O2. The van der Waals surface area contributed by atoms with Crippen molar-refractivity contribution in [2.24, 2.45) is 0 Å². The van der Waals surface area contributed by atoms with Crippen molar-refractivity contribution in [1.82, 2.24) is 10.2 Å². The predicted octanol–water partition coefficient (Wildman–Crippen LogP) is 3.31. The largest absolute Gasteiger partial charge is 0.350 e. The lowest BCUT2D eigenvalue weighted by molar-refractivity contribution is -0.136. The van der Waals surface area contributed by atoms with E-state index in [1.165, 1.54) is 17.7 Å². The van der Waals surface area contributed by atoms with Gasteiger partial charge in [-0.2, -0.15) is 0 Å². The molecule has 1 N–H and O–H groups in total. The maximum absolute atomic E-state index is 12.9. The Hall–Kier alpha value is -2.69. The summed E-state index contributed by atoms with van der Waals surface area (Å²) in [6, 6.07) is 16.0. The number of rotatable bonds is 9. The van der Waals surface area contributed by atoms with Crippen LogP contribution in [0.1, 0.15) is 30.9 Å². The monoisotopic (exact) mass is 356 g/mol. The number of amides is 2. The molecule has 0 atom stereocenters. The van der Waals surface area contributed by atoms with Crippen molar-refractivity contribution in [2.75, 3.05) is 13.1 Å². The van der Waals surface area contributed by atoms with Gasteiger partial charge in [-0.1, -0.05) is 42.5 Å².